The van der Waals surface area contributed by atoms with Gasteiger partial charge in [0.15, 0.2) is 0 Å². The van der Waals surface area contributed by atoms with E-state index in [1.165, 1.54) is 6.08 Å². The Balaban J connectivity index is 2.66. The Morgan fingerprint density at radius 1 is 1.59 bits per heavy atom. The molecular formula is C13H18N2O2. The summed E-state index contributed by atoms with van der Waals surface area (Å²) in [5.74, 6) is 0.454. The molecule has 4 heteroatoms. The van der Waals surface area contributed by atoms with Crippen LogP contribution in [0.1, 0.15) is 26.3 Å². The Morgan fingerprint density at radius 2 is 2.35 bits per heavy atom. The van der Waals surface area contributed by atoms with E-state index in [-0.39, 0.29) is 12.0 Å². The molecule has 0 radical (unpaired) electrons. The number of hydrogen-bond donors (Lipinski definition) is 1. The average molecular weight is 234 g/mol. The predicted octanol–water partition coefficient (Wildman–Crippen LogP) is 2.06. The molecule has 1 N–H and O–H groups in total. The third-order valence-electron chi connectivity index (χ3n) is 1.97. The van der Waals surface area contributed by atoms with Crippen molar-refractivity contribution >= 4 is 5.91 Å². The second-order valence-electron chi connectivity index (χ2n) is 3.85. The number of carbonyl (C=O) groups is 1. The van der Waals surface area contributed by atoms with E-state index in [4.69, 9.17) is 4.74 Å². The number of rotatable bonds is 5. The highest BCUT2D eigenvalue weighted by molar-refractivity contribution is 5.87. The maximum absolute atomic E-state index is 11.3. The standard InChI is InChI=1S/C13H18N2O2/c1-4-6-12(16)15-9-11-7-5-8-14-13(11)17-10(2)3/h4-8,10H,9H2,1-3H3,(H,15,16). The molecule has 4 nitrogen and oxygen atoms in total. The normalized spacial score (nSPS) is 10.8. The smallest absolute Gasteiger partial charge is 0.243 e. The number of pyridine rings is 1. The molecule has 0 aliphatic carbocycles. The molecule has 17 heavy (non-hydrogen) atoms. The van der Waals surface area contributed by atoms with Crippen molar-refractivity contribution in [2.75, 3.05) is 0 Å². The van der Waals surface area contributed by atoms with E-state index in [9.17, 15) is 4.79 Å². The van der Waals surface area contributed by atoms with Gasteiger partial charge in [-0.15, -0.1) is 0 Å². The Hall–Kier alpha value is -1.84. The lowest BCUT2D eigenvalue weighted by Gasteiger charge is -2.12. The van der Waals surface area contributed by atoms with Gasteiger partial charge in [-0.1, -0.05) is 12.1 Å². The Kier molecular flexibility index (Phi) is 5.20. The number of carbonyl (C=O) groups excluding carboxylic acids is 1. The summed E-state index contributed by atoms with van der Waals surface area (Å²) in [5.41, 5.74) is 0.874. The predicted molar refractivity (Wildman–Crippen MR) is 66.7 cm³/mol. The molecule has 0 saturated heterocycles. The van der Waals surface area contributed by atoms with Crippen molar-refractivity contribution in [3.05, 3.63) is 36.0 Å². The van der Waals surface area contributed by atoms with Gasteiger partial charge >= 0.3 is 0 Å². The molecule has 0 fully saturated rings. The molecule has 0 unspecified atom stereocenters. The van der Waals surface area contributed by atoms with Crippen molar-refractivity contribution in [1.29, 1.82) is 0 Å². The highest BCUT2D eigenvalue weighted by Crippen LogP contribution is 2.15. The first-order valence-electron chi connectivity index (χ1n) is 5.64. The molecule has 1 heterocycles. The van der Waals surface area contributed by atoms with Gasteiger partial charge < -0.3 is 10.1 Å². The van der Waals surface area contributed by atoms with E-state index in [1.807, 2.05) is 26.0 Å². The van der Waals surface area contributed by atoms with Gasteiger partial charge in [0.2, 0.25) is 11.8 Å². The van der Waals surface area contributed by atoms with E-state index in [2.05, 4.69) is 10.3 Å². The van der Waals surface area contributed by atoms with E-state index in [1.54, 1.807) is 19.2 Å². The number of aromatic nitrogens is 1. The number of ether oxygens (including phenoxy) is 1. The summed E-state index contributed by atoms with van der Waals surface area (Å²) in [4.78, 5) is 15.4. The van der Waals surface area contributed by atoms with E-state index in [0.717, 1.165) is 5.56 Å². The van der Waals surface area contributed by atoms with Crippen LogP contribution in [0.3, 0.4) is 0 Å². The number of nitrogens with one attached hydrogen (secondary N) is 1. The van der Waals surface area contributed by atoms with Crippen LogP contribution in [0.15, 0.2) is 30.5 Å². The summed E-state index contributed by atoms with van der Waals surface area (Å²) >= 11 is 0. The van der Waals surface area contributed by atoms with Gasteiger partial charge in [0, 0.05) is 18.3 Å². The number of nitrogens with zero attached hydrogens (tertiary/aromatic N) is 1. The molecule has 0 spiro atoms. The monoisotopic (exact) mass is 234 g/mol. The van der Waals surface area contributed by atoms with E-state index < -0.39 is 0 Å². The second-order valence-corrected chi connectivity index (χ2v) is 3.85. The minimum absolute atomic E-state index is 0.0647. The third-order valence-corrected chi connectivity index (χ3v) is 1.97. The van der Waals surface area contributed by atoms with Gasteiger partial charge in [0.05, 0.1) is 6.10 Å². The van der Waals surface area contributed by atoms with Gasteiger partial charge in [-0.2, -0.15) is 0 Å². The van der Waals surface area contributed by atoms with Gasteiger partial charge in [-0.05, 0) is 32.9 Å². The quantitative estimate of drug-likeness (QED) is 0.793. The van der Waals surface area contributed by atoms with Gasteiger partial charge in [-0.25, -0.2) is 4.98 Å². The van der Waals surface area contributed by atoms with Gasteiger partial charge in [0.25, 0.3) is 0 Å². The van der Waals surface area contributed by atoms with Crippen molar-refractivity contribution in [2.24, 2.45) is 0 Å². The van der Waals surface area contributed by atoms with Crippen LogP contribution in [0, 0.1) is 0 Å². The molecular weight excluding hydrogens is 216 g/mol. The molecule has 1 amide bonds. The molecule has 1 aromatic heterocycles. The fraction of sp³-hybridized carbons (Fsp3) is 0.385. The fourth-order valence-electron chi connectivity index (χ4n) is 1.28. The molecule has 1 rings (SSSR count). The molecule has 0 aromatic carbocycles. The summed E-state index contributed by atoms with van der Waals surface area (Å²) in [5, 5.41) is 2.77. The molecule has 0 aliphatic heterocycles. The van der Waals surface area contributed by atoms with Crippen LogP contribution < -0.4 is 10.1 Å². The van der Waals surface area contributed by atoms with Crippen LogP contribution in [-0.4, -0.2) is 17.0 Å². The Labute approximate surface area is 102 Å². The zero-order valence-corrected chi connectivity index (χ0v) is 10.4. The van der Waals surface area contributed by atoms with Crippen LogP contribution >= 0.6 is 0 Å². The summed E-state index contributed by atoms with van der Waals surface area (Å²) in [6.45, 7) is 6.10. The number of allylic oxidation sites excluding steroid dienone is 1. The van der Waals surface area contributed by atoms with E-state index in [0.29, 0.717) is 12.4 Å². The summed E-state index contributed by atoms with van der Waals surface area (Å²) in [6, 6.07) is 3.71. The highest BCUT2D eigenvalue weighted by Gasteiger charge is 2.06. The molecule has 0 atom stereocenters. The first kappa shape index (κ1) is 13.2. The molecule has 0 aliphatic rings. The first-order chi connectivity index (χ1) is 8.13. The summed E-state index contributed by atoms with van der Waals surface area (Å²) in [7, 11) is 0. The number of hydrogen-bond acceptors (Lipinski definition) is 3. The van der Waals surface area contributed by atoms with Crippen molar-refractivity contribution in [1.82, 2.24) is 10.3 Å². The SMILES string of the molecule is CC=CC(=O)NCc1cccnc1OC(C)C. The first-order valence-corrected chi connectivity index (χ1v) is 5.64. The Bertz CT molecular complexity index is 400. The molecule has 92 valence electrons. The largest absolute Gasteiger partial charge is 0.475 e. The minimum Gasteiger partial charge on any atom is -0.475 e. The van der Waals surface area contributed by atoms with E-state index >= 15 is 0 Å². The zero-order valence-electron chi connectivity index (χ0n) is 10.4. The lowest BCUT2D eigenvalue weighted by Crippen LogP contribution is -2.21. The second kappa shape index (κ2) is 6.68. The lowest BCUT2D eigenvalue weighted by atomic mass is 10.2. The number of amides is 1. The maximum atomic E-state index is 11.3. The van der Waals surface area contributed by atoms with Gasteiger partial charge in [-0.3, -0.25) is 4.79 Å². The topological polar surface area (TPSA) is 51.2 Å². The minimum atomic E-state index is -0.119. The lowest BCUT2D eigenvalue weighted by molar-refractivity contribution is -0.116. The Morgan fingerprint density at radius 3 is 3.00 bits per heavy atom. The van der Waals surface area contributed by atoms with Crippen LogP contribution in [0.2, 0.25) is 0 Å². The van der Waals surface area contributed by atoms with Crippen molar-refractivity contribution < 1.29 is 9.53 Å². The summed E-state index contributed by atoms with van der Waals surface area (Å²) < 4.78 is 5.56. The third kappa shape index (κ3) is 4.68. The molecule has 1 aromatic rings. The molecule has 0 bridgehead atoms. The molecule has 0 saturated carbocycles. The van der Waals surface area contributed by atoms with Crippen molar-refractivity contribution in [2.45, 2.75) is 33.4 Å². The highest BCUT2D eigenvalue weighted by atomic mass is 16.5. The van der Waals surface area contributed by atoms with Crippen LogP contribution in [-0.2, 0) is 11.3 Å². The van der Waals surface area contributed by atoms with Crippen molar-refractivity contribution in [3.8, 4) is 5.88 Å². The van der Waals surface area contributed by atoms with Crippen molar-refractivity contribution in [3.63, 3.8) is 0 Å². The van der Waals surface area contributed by atoms with Crippen LogP contribution in [0.25, 0.3) is 0 Å². The average Bonchev–Trinajstić information content (AvgIpc) is 2.27. The van der Waals surface area contributed by atoms with Crippen LogP contribution in [0.5, 0.6) is 5.88 Å². The zero-order chi connectivity index (χ0) is 12.7. The van der Waals surface area contributed by atoms with Gasteiger partial charge in [0.1, 0.15) is 0 Å². The maximum Gasteiger partial charge on any atom is 0.243 e. The summed E-state index contributed by atoms with van der Waals surface area (Å²) in [6.07, 6.45) is 4.92. The van der Waals surface area contributed by atoms with Crippen LogP contribution in [0.4, 0.5) is 0 Å². The fourth-order valence-corrected chi connectivity index (χ4v) is 1.28.